The molecule has 0 aromatic rings. The van der Waals surface area contributed by atoms with Gasteiger partial charge in [-0.25, -0.2) is 0 Å². The summed E-state index contributed by atoms with van der Waals surface area (Å²) in [5, 5.41) is 12.0. The van der Waals surface area contributed by atoms with Crippen molar-refractivity contribution in [2.75, 3.05) is 13.1 Å². The van der Waals surface area contributed by atoms with Crippen molar-refractivity contribution in [3.63, 3.8) is 0 Å². The maximum Gasteiger partial charge on any atom is 0.308 e. The summed E-state index contributed by atoms with van der Waals surface area (Å²) in [6.07, 6.45) is 1.49. The Morgan fingerprint density at radius 2 is 2.06 bits per heavy atom. The van der Waals surface area contributed by atoms with E-state index in [0.717, 1.165) is 6.42 Å². The number of rotatable bonds is 5. The summed E-state index contributed by atoms with van der Waals surface area (Å²) in [6.45, 7) is 8.84. The number of hydrogen-bond acceptors (Lipinski definition) is 3. The number of hydrogen-bond donors (Lipinski definition) is 2. The molecule has 0 aromatic heterocycles. The van der Waals surface area contributed by atoms with Crippen LogP contribution in [0.3, 0.4) is 0 Å². The first-order chi connectivity index (χ1) is 8.26. The molecule has 5 heteroatoms. The van der Waals surface area contributed by atoms with Gasteiger partial charge >= 0.3 is 5.97 Å². The van der Waals surface area contributed by atoms with Crippen molar-refractivity contribution in [1.29, 1.82) is 0 Å². The van der Waals surface area contributed by atoms with Crippen LogP contribution in [0.2, 0.25) is 0 Å². The van der Waals surface area contributed by atoms with E-state index in [4.69, 9.17) is 5.11 Å². The molecule has 0 saturated carbocycles. The van der Waals surface area contributed by atoms with Crippen molar-refractivity contribution in [3.8, 4) is 0 Å². The molecule has 0 bridgehead atoms. The first-order valence-electron chi connectivity index (χ1n) is 6.54. The molecule has 0 spiro atoms. The predicted octanol–water partition coefficient (Wildman–Crippen LogP) is 1.09. The zero-order valence-corrected chi connectivity index (χ0v) is 11.7. The molecule has 2 atom stereocenters. The van der Waals surface area contributed by atoms with Crippen LogP contribution >= 0.6 is 0 Å². The van der Waals surface area contributed by atoms with Crippen molar-refractivity contribution < 1.29 is 14.7 Å². The highest BCUT2D eigenvalue weighted by molar-refractivity contribution is 5.79. The minimum atomic E-state index is -0.765. The Bertz CT molecular complexity index is 328. The molecule has 2 unspecified atom stereocenters. The van der Waals surface area contributed by atoms with Gasteiger partial charge in [-0.3, -0.25) is 14.5 Å². The molecule has 2 N–H and O–H groups in total. The number of carbonyl (C=O) groups is 2. The lowest BCUT2D eigenvalue weighted by Gasteiger charge is -2.28. The maximum atomic E-state index is 11.9. The van der Waals surface area contributed by atoms with E-state index in [1.165, 1.54) is 0 Å². The van der Waals surface area contributed by atoms with Crippen molar-refractivity contribution in [1.82, 2.24) is 10.2 Å². The SMILES string of the molecule is CCC(C)(C)NC(=O)CN1CCC(C(=O)O)C1C. The Hall–Kier alpha value is -1.10. The molecule has 1 amide bonds. The van der Waals surface area contributed by atoms with E-state index in [1.807, 2.05) is 32.6 Å². The molecular formula is C13H24N2O3. The summed E-state index contributed by atoms with van der Waals surface area (Å²) in [6, 6.07) is -0.0713. The van der Waals surface area contributed by atoms with E-state index in [0.29, 0.717) is 13.0 Å². The lowest BCUT2D eigenvalue weighted by molar-refractivity contribution is -0.142. The molecule has 104 valence electrons. The Morgan fingerprint density at radius 1 is 1.44 bits per heavy atom. The molecule has 0 aliphatic carbocycles. The van der Waals surface area contributed by atoms with Crippen LogP contribution in [0.15, 0.2) is 0 Å². The molecule has 1 fully saturated rings. The number of carboxylic acid groups (broad SMARTS) is 1. The molecule has 1 heterocycles. The standard InChI is InChI=1S/C13H24N2O3/c1-5-13(3,4)14-11(16)8-15-7-6-10(9(15)2)12(17)18/h9-10H,5-8H2,1-4H3,(H,14,16)(H,17,18). The van der Waals surface area contributed by atoms with E-state index >= 15 is 0 Å². The molecule has 1 aliphatic heterocycles. The van der Waals surface area contributed by atoms with Gasteiger partial charge in [-0.1, -0.05) is 6.92 Å². The number of carbonyl (C=O) groups excluding carboxylic acids is 1. The number of carboxylic acids is 1. The van der Waals surface area contributed by atoms with Crippen LogP contribution in [0.5, 0.6) is 0 Å². The Labute approximate surface area is 109 Å². The largest absolute Gasteiger partial charge is 0.481 e. The van der Waals surface area contributed by atoms with E-state index < -0.39 is 5.97 Å². The molecule has 5 nitrogen and oxygen atoms in total. The van der Waals surface area contributed by atoms with E-state index in [-0.39, 0.29) is 30.0 Å². The topological polar surface area (TPSA) is 69.6 Å². The fraction of sp³-hybridized carbons (Fsp3) is 0.846. The second-order valence-electron chi connectivity index (χ2n) is 5.73. The number of aliphatic carboxylic acids is 1. The zero-order valence-electron chi connectivity index (χ0n) is 11.7. The van der Waals surface area contributed by atoms with Crippen molar-refractivity contribution in [2.24, 2.45) is 5.92 Å². The number of likely N-dealkylation sites (tertiary alicyclic amines) is 1. The number of nitrogens with zero attached hydrogens (tertiary/aromatic N) is 1. The lowest BCUT2D eigenvalue weighted by atomic mass is 10.0. The molecule has 0 aromatic carbocycles. The average Bonchev–Trinajstić information content (AvgIpc) is 2.59. The van der Waals surface area contributed by atoms with Gasteiger partial charge in [0.2, 0.25) is 5.91 Å². The first-order valence-corrected chi connectivity index (χ1v) is 6.54. The van der Waals surface area contributed by atoms with Gasteiger partial charge in [0.1, 0.15) is 0 Å². The van der Waals surface area contributed by atoms with Crippen molar-refractivity contribution in [2.45, 2.75) is 52.1 Å². The maximum absolute atomic E-state index is 11.9. The Kier molecular flexibility index (Phi) is 4.73. The van der Waals surface area contributed by atoms with Crippen LogP contribution in [0.25, 0.3) is 0 Å². The minimum Gasteiger partial charge on any atom is -0.481 e. The fourth-order valence-corrected chi connectivity index (χ4v) is 2.25. The van der Waals surface area contributed by atoms with Crippen LogP contribution in [0.1, 0.15) is 40.5 Å². The van der Waals surface area contributed by atoms with Gasteiger partial charge in [-0.15, -0.1) is 0 Å². The Balaban J connectivity index is 2.49. The Morgan fingerprint density at radius 3 is 2.50 bits per heavy atom. The highest BCUT2D eigenvalue weighted by Gasteiger charge is 2.36. The van der Waals surface area contributed by atoms with Gasteiger partial charge < -0.3 is 10.4 Å². The van der Waals surface area contributed by atoms with Crippen molar-refractivity contribution >= 4 is 11.9 Å². The average molecular weight is 256 g/mol. The summed E-state index contributed by atoms with van der Waals surface area (Å²) >= 11 is 0. The van der Waals surface area contributed by atoms with Crippen LogP contribution in [0.4, 0.5) is 0 Å². The second kappa shape index (κ2) is 5.69. The highest BCUT2D eigenvalue weighted by atomic mass is 16.4. The third kappa shape index (κ3) is 3.70. The van der Waals surface area contributed by atoms with Crippen LogP contribution in [-0.2, 0) is 9.59 Å². The quantitative estimate of drug-likeness (QED) is 0.772. The van der Waals surface area contributed by atoms with E-state index in [2.05, 4.69) is 5.32 Å². The molecule has 1 saturated heterocycles. The van der Waals surface area contributed by atoms with Crippen LogP contribution in [-0.4, -0.2) is 46.6 Å². The zero-order chi connectivity index (χ0) is 13.9. The van der Waals surface area contributed by atoms with Crippen LogP contribution < -0.4 is 5.32 Å². The predicted molar refractivity (Wildman–Crippen MR) is 69.3 cm³/mol. The minimum absolute atomic E-state index is 0.0280. The first kappa shape index (κ1) is 15.0. The van der Waals surface area contributed by atoms with Crippen molar-refractivity contribution in [3.05, 3.63) is 0 Å². The molecule has 1 rings (SSSR count). The lowest BCUT2D eigenvalue weighted by Crippen LogP contribution is -2.48. The van der Waals surface area contributed by atoms with Gasteiger partial charge in [-0.05, 0) is 40.2 Å². The van der Waals surface area contributed by atoms with Gasteiger partial charge in [0, 0.05) is 11.6 Å². The van der Waals surface area contributed by atoms with Gasteiger partial charge in [0.05, 0.1) is 12.5 Å². The third-order valence-corrected chi connectivity index (χ3v) is 3.91. The fourth-order valence-electron chi connectivity index (χ4n) is 2.25. The van der Waals surface area contributed by atoms with Gasteiger partial charge in [-0.2, -0.15) is 0 Å². The molecule has 1 aliphatic rings. The summed E-state index contributed by atoms with van der Waals surface area (Å²) in [5.41, 5.74) is -0.202. The van der Waals surface area contributed by atoms with Crippen LogP contribution in [0, 0.1) is 5.92 Å². The molecule has 18 heavy (non-hydrogen) atoms. The summed E-state index contributed by atoms with van der Waals surface area (Å²) in [5.74, 6) is -1.14. The summed E-state index contributed by atoms with van der Waals surface area (Å²) in [7, 11) is 0. The highest BCUT2D eigenvalue weighted by Crippen LogP contribution is 2.23. The van der Waals surface area contributed by atoms with E-state index in [9.17, 15) is 9.59 Å². The summed E-state index contributed by atoms with van der Waals surface area (Å²) < 4.78 is 0. The van der Waals surface area contributed by atoms with E-state index in [1.54, 1.807) is 0 Å². The second-order valence-corrected chi connectivity index (χ2v) is 5.73. The number of amides is 1. The normalized spacial score (nSPS) is 25.1. The monoisotopic (exact) mass is 256 g/mol. The summed E-state index contributed by atoms with van der Waals surface area (Å²) in [4.78, 5) is 24.8. The number of nitrogens with one attached hydrogen (secondary N) is 1. The van der Waals surface area contributed by atoms with Gasteiger partial charge in [0.25, 0.3) is 0 Å². The molecular weight excluding hydrogens is 232 g/mol. The smallest absolute Gasteiger partial charge is 0.308 e. The molecule has 0 radical (unpaired) electrons. The van der Waals surface area contributed by atoms with Gasteiger partial charge in [0.15, 0.2) is 0 Å². The third-order valence-electron chi connectivity index (χ3n) is 3.91.